The van der Waals surface area contributed by atoms with E-state index in [4.69, 9.17) is 14.7 Å². The zero-order valence-electron chi connectivity index (χ0n) is 9.49. The first-order valence-electron chi connectivity index (χ1n) is 5.55. The Kier molecular flexibility index (Phi) is 4.09. The molecule has 1 aliphatic heterocycles. The molecule has 0 radical (unpaired) electrons. The van der Waals surface area contributed by atoms with E-state index in [1.165, 1.54) is 23.2 Å². The van der Waals surface area contributed by atoms with Crippen LogP contribution in [0.25, 0.3) is 0 Å². The first kappa shape index (κ1) is 11.8. The van der Waals surface area contributed by atoms with Crippen molar-refractivity contribution < 1.29 is 8.92 Å². The van der Waals surface area contributed by atoms with Crippen molar-refractivity contribution in [3.63, 3.8) is 0 Å². The summed E-state index contributed by atoms with van der Waals surface area (Å²) in [5.74, 6) is 1.02. The maximum absolute atomic E-state index is 5.67. The molecule has 16 heavy (non-hydrogen) atoms. The third kappa shape index (κ3) is 2.34. The van der Waals surface area contributed by atoms with Crippen molar-refractivity contribution >= 4 is 12.0 Å². The molecule has 0 spiro atoms. The van der Waals surface area contributed by atoms with Gasteiger partial charge in [0.25, 0.3) is 0 Å². The Bertz CT molecular complexity index is 368. The molecule has 1 aromatic rings. The fourth-order valence-electron chi connectivity index (χ4n) is 2.08. The first-order valence-corrected chi connectivity index (χ1v) is 6.29. The summed E-state index contributed by atoms with van der Waals surface area (Å²) in [6.45, 7) is 1.49. The van der Waals surface area contributed by atoms with E-state index in [9.17, 15) is 0 Å². The van der Waals surface area contributed by atoms with Gasteiger partial charge in [-0.25, -0.2) is 0 Å². The quantitative estimate of drug-likeness (QED) is 0.818. The molecule has 0 unspecified atom stereocenters. The number of rotatable bonds is 4. The van der Waals surface area contributed by atoms with E-state index >= 15 is 0 Å². The van der Waals surface area contributed by atoms with Crippen LogP contribution in [0.1, 0.15) is 17.5 Å². The lowest BCUT2D eigenvalue weighted by Crippen LogP contribution is -2.13. The third-order valence-corrected chi connectivity index (χ3v) is 3.47. The Balaban J connectivity index is 2.39. The smallest absolute Gasteiger partial charge is 0.122 e. The van der Waals surface area contributed by atoms with Crippen LogP contribution in [-0.2, 0) is 17.0 Å². The minimum atomic E-state index is 0.660. The summed E-state index contributed by atoms with van der Waals surface area (Å²) in [6.07, 6.45) is 3.06. The summed E-state index contributed by atoms with van der Waals surface area (Å²) in [5.41, 5.74) is 8.28. The molecule has 0 saturated heterocycles. The Morgan fingerprint density at radius 3 is 3.12 bits per heavy atom. The second-order valence-electron chi connectivity index (χ2n) is 3.76. The summed E-state index contributed by atoms with van der Waals surface area (Å²) >= 11 is 1.40. The van der Waals surface area contributed by atoms with Crippen LogP contribution in [0.2, 0.25) is 0 Å². The number of benzene rings is 1. The van der Waals surface area contributed by atoms with Crippen LogP contribution in [0.15, 0.2) is 17.0 Å². The van der Waals surface area contributed by atoms with E-state index in [1.54, 1.807) is 7.11 Å². The molecule has 0 fully saturated rings. The molecule has 0 atom stereocenters. The van der Waals surface area contributed by atoms with Crippen molar-refractivity contribution in [3.8, 4) is 5.75 Å². The SMILES string of the molecule is COSc1ccc2c(c1CCN)CCCO2. The average Bonchev–Trinajstić information content (AvgIpc) is 2.32. The summed E-state index contributed by atoms with van der Waals surface area (Å²) < 4.78 is 10.8. The van der Waals surface area contributed by atoms with Crippen molar-refractivity contribution in [2.45, 2.75) is 24.2 Å². The molecular weight excluding hydrogens is 222 g/mol. The lowest BCUT2D eigenvalue weighted by Gasteiger charge is -2.22. The second-order valence-corrected chi connectivity index (χ2v) is 4.70. The highest BCUT2D eigenvalue weighted by Crippen LogP contribution is 2.35. The van der Waals surface area contributed by atoms with E-state index in [2.05, 4.69) is 6.07 Å². The first-order chi connectivity index (χ1) is 7.86. The highest BCUT2D eigenvalue weighted by molar-refractivity contribution is 7.94. The molecular formula is C12H17NO2S. The van der Waals surface area contributed by atoms with E-state index < -0.39 is 0 Å². The number of ether oxygens (including phenoxy) is 1. The van der Waals surface area contributed by atoms with Gasteiger partial charge in [0.05, 0.1) is 13.7 Å². The molecule has 0 saturated carbocycles. The highest BCUT2D eigenvalue weighted by Gasteiger charge is 2.17. The molecule has 3 nitrogen and oxygen atoms in total. The van der Waals surface area contributed by atoms with Gasteiger partial charge in [0, 0.05) is 16.9 Å². The van der Waals surface area contributed by atoms with Gasteiger partial charge in [0.2, 0.25) is 0 Å². The lowest BCUT2D eigenvalue weighted by molar-refractivity contribution is 0.287. The molecule has 0 aliphatic carbocycles. The number of fused-ring (bicyclic) bond motifs is 1. The van der Waals surface area contributed by atoms with Crippen LogP contribution in [0, 0.1) is 0 Å². The maximum atomic E-state index is 5.67. The summed E-state index contributed by atoms with van der Waals surface area (Å²) in [5, 5.41) is 0. The van der Waals surface area contributed by atoms with Crippen molar-refractivity contribution in [1.29, 1.82) is 0 Å². The fourth-order valence-corrected chi connectivity index (χ4v) is 2.71. The van der Waals surface area contributed by atoms with Crippen LogP contribution < -0.4 is 10.5 Å². The topological polar surface area (TPSA) is 44.5 Å². The molecule has 1 aromatic carbocycles. The van der Waals surface area contributed by atoms with Crippen LogP contribution in [0.5, 0.6) is 5.75 Å². The number of hydrogen-bond acceptors (Lipinski definition) is 4. The van der Waals surface area contributed by atoms with E-state index in [0.29, 0.717) is 6.54 Å². The Labute approximate surface area is 101 Å². The lowest BCUT2D eigenvalue weighted by atomic mass is 9.98. The van der Waals surface area contributed by atoms with E-state index in [0.717, 1.165) is 36.5 Å². The zero-order valence-corrected chi connectivity index (χ0v) is 10.3. The van der Waals surface area contributed by atoms with Crippen LogP contribution in [0.4, 0.5) is 0 Å². The van der Waals surface area contributed by atoms with E-state index in [-0.39, 0.29) is 0 Å². The summed E-state index contributed by atoms with van der Waals surface area (Å²) in [6, 6.07) is 4.10. The highest BCUT2D eigenvalue weighted by atomic mass is 32.2. The molecule has 2 rings (SSSR count). The van der Waals surface area contributed by atoms with Gasteiger partial charge in [-0.2, -0.15) is 0 Å². The zero-order chi connectivity index (χ0) is 11.4. The monoisotopic (exact) mass is 239 g/mol. The van der Waals surface area contributed by atoms with Gasteiger partial charge < -0.3 is 14.7 Å². The Morgan fingerprint density at radius 1 is 1.50 bits per heavy atom. The van der Waals surface area contributed by atoms with Crippen LogP contribution >= 0.6 is 12.0 Å². The molecule has 0 bridgehead atoms. The molecule has 4 heteroatoms. The minimum absolute atomic E-state index is 0.660. The molecule has 0 amide bonds. The molecule has 1 heterocycles. The van der Waals surface area contributed by atoms with Gasteiger partial charge in [-0.1, -0.05) is 0 Å². The number of hydrogen-bond donors (Lipinski definition) is 1. The van der Waals surface area contributed by atoms with Gasteiger partial charge >= 0.3 is 0 Å². The minimum Gasteiger partial charge on any atom is -0.493 e. The maximum Gasteiger partial charge on any atom is 0.122 e. The van der Waals surface area contributed by atoms with Crippen molar-refractivity contribution in [2.24, 2.45) is 5.73 Å². The van der Waals surface area contributed by atoms with Gasteiger partial charge in [-0.15, -0.1) is 0 Å². The van der Waals surface area contributed by atoms with Gasteiger partial charge in [-0.05, 0) is 49.1 Å². The normalized spacial score (nSPS) is 14.4. The predicted octanol–water partition coefficient (Wildman–Crippen LogP) is 2.17. The van der Waals surface area contributed by atoms with Crippen molar-refractivity contribution in [1.82, 2.24) is 0 Å². The Hall–Kier alpha value is -0.710. The van der Waals surface area contributed by atoms with Gasteiger partial charge in [0.1, 0.15) is 5.75 Å². The third-order valence-electron chi connectivity index (χ3n) is 2.74. The largest absolute Gasteiger partial charge is 0.493 e. The van der Waals surface area contributed by atoms with Crippen molar-refractivity contribution in [2.75, 3.05) is 20.3 Å². The molecule has 88 valence electrons. The van der Waals surface area contributed by atoms with Crippen molar-refractivity contribution in [3.05, 3.63) is 23.3 Å². The standard InChI is InChI=1S/C12H17NO2S/c1-14-16-12-5-4-11-9(3-2-8-15-11)10(12)6-7-13/h4-5H,2-3,6-8,13H2,1H3. The van der Waals surface area contributed by atoms with Gasteiger partial charge in [-0.3, -0.25) is 0 Å². The van der Waals surface area contributed by atoms with E-state index in [1.807, 2.05) is 6.07 Å². The van der Waals surface area contributed by atoms with Crippen LogP contribution in [-0.4, -0.2) is 20.3 Å². The molecule has 1 aliphatic rings. The molecule has 2 N–H and O–H groups in total. The Morgan fingerprint density at radius 2 is 2.38 bits per heavy atom. The molecule has 0 aromatic heterocycles. The fraction of sp³-hybridized carbons (Fsp3) is 0.500. The average molecular weight is 239 g/mol. The van der Waals surface area contributed by atoms with Crippen LogP contribution in [0.3, 0.4) is 0 Å². The predicted molar refractivity (Wildman–Crippen MR) is 65.9 cm³/mol. The summed E-state index contributed by atoms with van der Waals surface area (Å²) in [4.78, 5) is 1.16. The number of nitrogens with two attached hydrogens (primary N) is 1. The van der Waals surface area contributed by atoms with Gasteiger partial charge in [0.15, 0.2) is 0 Å². The summed E-state index contributed by atoms with van der Waals surface area (Å²) in [7, 11) is 1.69. The second kappa shape index (κ2) is 5.57.